The smallest absolute Gasteiger partial charge is 0.322 e. The van der Waals surface area contributed by atoms with E-state index in [0.717, 1.165) is 11.8 Å². The van der Waals surface area contributed by atoms with E-state index in [2.05, 4.69) is 106 Å². The largest absolute Gasteiger partial charge is 0.481 e. The molecular weight excluding hydrogens is 1860 g/mol. The number of carboxylic acids is 2. The number of fused-ring (bicyclic) bond motifs is 2. The molecule has 4 rings (SSSR count). The molecule has 0 saturated heterocycles. The van der Waals surface area contributed by atoms with Crippen molar-refractivity contribution in [1.29, 1.82) is 16.2 Å². The fourth-order valence-corrected chi connectivity index (χ4v) is 15.7. The summed E-state index contributed by atoms with van der Waals surface area (Å²) in [5.41, 5.74) is 42.3. The van der Waals surface area contributed by atoms with E-state index < -0.39 is 241 Å². The fraction of sp³-hybridized carbons (Fsp3) is 0.580. The maximum absolute atomic E-state index is 15.6. The summed E-state index contributed by atoms with van der Waals surface area (Å²) in [6.07, 6.45) is 2.73. The average Bonchev–Trinajstić information content (AvgIpc) is 1.67. The predicted molar refractivity (Wildman–Crippen MR) is 526 cm³/mol. The molecule has 0 radical (unpaired) electrons. The number of aliphatic carboxylic acids is 2. The molecule has 0 aliphatic heterocycles. The number of H-pyrrole nitrogens is 2. The van der Waals surface area contributed by atoms with Crippen LogP contribution >= 0.6 is 23.5 Å². The molecule has 0 aliphatic carbocycles. The zero-order chi connectivity index (χ0) is 104. The van der Waals surface area contributed by atoms with E-state index >= 15 is 28.8 Å². The van der Waals surface area contributed by atoms with Crippen molar-refractivity contribution in [2.45, 2.75) is 242 Å². The van der Waals surface area contributed by atoms with Crippen LogP contribution in [0.15, 0.2) is 60.9 Å². The van der Waals surface area contributed by atoms with Gasteiger partial charge in [-0.2, -0.15) is 11.8 Å². The van der Waals surface area contributed by atoms with Gasteiger partial charge in [0.2, 0.25) is 94.5 Å². The first kappa shape index (κ1) is 119. The molecule has 140 heavy (non-hydrogen) atoms. The lowest BCUT2D eigenvalue weighted by atomic mass is 10.00. The second-order valence-corrected chi connectivity index (χ2v) is 36.2. The lowest BCUT2D eigenvalue weighted by Crippen LogP contribution is -2.61. The van der Waals surface area contributed by atoms with E-state index in [9.17, 15) is 62.6 Å². The van der Waals surface area contributed by atoms with Crippen molar-refractivity contribution in [3.8, 4) is 0 Å². The number of thioether (sulfide) groups is 2. The van der Waals surface area contributed by atoms with Crippen molar-refractivity contribution in [1.82, 2.24) is 106 Å². The van der Waals surface area contributed by atoms with Crippen LogP contribution in [0.25, 0.3) is 21.8 Å². The maximum atomic E-state index is 15.6. The number of para-hydroxylation sites is 2. The third-order valence-corrected chi connectivity index (χ3v) is 23.4. The first-order valence-electron chi connectivity index (χ1n) is 46.2. The number of nitrogens with two attached hydrogens (primary N) is 7. The molecule has 50 nitrogen and oxygen atoms in total. The van der Waals surface area contributed by atoms with Crippen LogP contribution in [0.1, 0.15) is 161 Å². The summed E-state index contributed by atoms with van der Waals surface area (Å²) in [5.74, 6) is -19.5. The number of aromatic amines is 2. The fourth-order valence-electron chi connectivity index (χ4n) is 14.4. The molecule has 52 heteroatoms. The molecule has 16 amide bonds. The molecule has 0 aliphatic rings. The van der Waals surface area contributed by atoms with Gasteiger partial charge in [-0.05, 0) is 163 Å². The molecule has 0 spiro atoms. The number of primary amides is 1. The highest BCUT2D eigenvalue weighted by molar-refractivity contribution is 7.99. The predicted octanol–water partition coefficient (Wildman–Crippen LogP) is -5.64. The van der Waals surface area contributed by atoms with Gasteiger partial charge >= 0.3 is 11.9 Å². The summed E-state index contributed by atoms with van der Waals surface area (Å²) in [4.78, 5) is 258. The number of amides is 16. The molecule has 2 aromatic heterocycles. The Labute approximate surface area is 819 Å². The number of unbranched alkanes of at least 4 members (excludes halogenated alkanes) is 2. The van der Waals surface area contributed by atoms with Gasteiger partial charge in [-0.3, -0.25) is 103 Å². The van der Waals surface area contributed by atoms with E-state index in [4.69, 9.17) is 61.5 Å². The minimum absolute atomic E-state index is 0.00365. The summed E-state index contributed by atoms with van der Waals surface area (Å²) in [5, 5.41) is 90.0. The molecule has 0 bridgehead atoms. The molecule has 776 valence electrons. The highest BCUT2D eigenvalue weighted by Crippen LogP contribution is 2.23. The van der Waals surface area contributed by atoms with E-state index in [0.29, 0.717) is 52.2 Å². The summed E-state index contributed by atoms with van der Waals surface area (Å²) < 4.78 is 0. The molecule has 2 heterocycles. The zero-order valence-corrected chi connectivity index (χ0v) is 81.4. The Bertz CT molecular complexity index is 4850. The topological polar surface area (TPSA) is 850 Å². The van der Waals surface area contributed by atoms with E-state index in [-0.39, 0.29) is 146 Å². The number of carbonyl (C=O) groups is 18. The summed E-state index contributed by atoms with van der Waals surface area (Å²) in [6.45, 7) is 6.85. The Hall–Kier alpha value is -13.6. The third kappa shape index (κ3) is 45.3. The van der Waals surface area contributed by atoms with Crippen molar-refractivity contribution < 1.29 is 96.5 Å². The first-order valence-corrected chi connectivity index (χ1v) is 48.7. The highest BCUT2D eigenvalue weighted by Gasteiger charge is 2.39. The van der Waals surface area contributed by atoms with Crippen molar-refractivity contribution >= 4 is 170 Å². The van der Waals surface area contributed by atoms with Crippen LogP contribution in [0, 0.1) is 28.1 Å². The maximum Gasteiger partial charge on any atom is 0.322 e. The van der Waals surface area contributed by atoms with Crippen LogP contribution in [0.2, 0.25) is 0 Å². The molecule has 2 aromatic carbocycles. The highest BCUT2D eigenvalue weighted by atomic mass is 32.2. The number of hydrogen-bond donors (Lipinski definition) is 32. The van der Waals surface area contributed by atoms with Crippen LogP contribution in [0.5, 0.6) is 0 Å². The van der Waals surface area contributed by atoms with Gasteiger partial charge in [-0.1, -0.05) is 64.1 Å². The molecule has 0 fully saturated rings. The summed E-state index contributed by atoms with van der Waals surface area (Å²) in [7, 11) is 0. The van der Waals surface area contributed by atoms with Gasteiger partial charge in [-0.25, -0.2) is 0 Å². The SMILES string of the molecule is CSCC[C@H](NC(=O)[C@H](CCCNC(=N)N)NC(=O)[C@H](Cc1c[nH]c2ccccc12)NC(=O)[C@H](CCC(N)=O)NC(=O)[C@H](Cc1c[nH]c2ccccc12)NC(=O)[C@H](CCCNC(=N)N)NC(=O)[C@H](CC(C)C)NC(=O)[C@H](CSCNC(C)=O)NC(=O)[C@H](CCCCN)NC(=O)[C@@H](N)CCC(=O)O)C(=O)N[C@@H](CCCNC(=N)N)C(=O)N[C@@H](CCCCN)C(=O)N[C@H](C(=O)NCC(=O)NCC(=O)O)C(C)C. The van der Waals surface area contributed by atoms with E-state index in [1.807, 2.05) is 0 Å². The average molecular weight is 2000 g/mol. The van der Waals surface area contributed by atoms with Crippen molar-refractivity contribution in [2.75, 3.05) is 69.5 Å². The monoisotopic (exact) mass is 2000 g/mol. The Morgan fingerprint density at radius 2 is 0.757 bits per heavy atom. The van der Waals surface area contributed by atoms with Crippen molar-refractivity contribution in [3.63, 3.8) is 0 Å². The van der Waals surface area contributed by atoms with Crippen LogP contribution < -0.4 is 136 Å². The molecular formula is C88H142N30O20S2. The van der Waals surface area contributed by atoms with E-state index in [1.54, 1.807) is 94.9 Å². The molecule has 4 aromatic rings. The van der Waals surface area contributed by atoms with Crippen LogP contribution in [-0.4, -0.2) is 293 Å². The number of nitrogens with one attached hydrogen (secondary N) is 23. The summed E-state index contributed by atoms with van der Waals surface area (Å²) >= 11 is 2.28. The number of hydrogen-bond acceptors (Lipinski definition) is 26. The van der Waals surface area contributed by atoms with Crippen LogP contribution in [0.4, 0.5) is 0 Å². The van der Waals surface area contributed by atoms with Crippen molar-refractivity contribution in [3.05, 3.63) is 72.1 Å². The lowest BCUT2D eigenvalue weighted by Gasteiger charge is -2.29. The Morgan fingerprint density at radius 3 is 1.14 bits per heavy atom. The Balaban J connectivity index is 1.82. The zero-order valence-electron chi connectivity index (χ0n) is 79.7. The Kier molecular flexibility index (Phi) is 54.1. The van der Waals surface area contributed by atoms with Gasteiger partial charge in [0.25, 0.3) is 0 Å². The first-order chi connectivity index (χ1) is 66.4. The number of carbonyl (C=O) groups excluding carboxylic acids is 16. The van der Waals surface area contributed by atoms with Gasteiger partial charge in [0.05, 0.1) is 18.5 Å². The standard InChI is InChI=1S/C88H142N30O20S2/c1-47(2)38-64(114-84(137)67(45-140-46-106-49(5)119)117-77(130)57(22-11-13-32-89)107-73(126)54(91)27-30-70(122)123)81(134)110-61(26-17-36-101-88(97)98)76(129)115-66(40-51-42-103-56-21-10-8-19-53(51)56)83(136)112-62(28-29-68(92)120)78(131)116-65(39-50-41-102-55-20-9-7-18-52(50)55)82(135)111-60(25-16-35-100-87(95)96)75(128)113-63(31-37-139-6)79(132)109-59(24-15-34-99-86(93)94)74(127)108-58(23-12-14-33-90)80(133)118-72(48(3)4)85(138)105-43-69(121)104-44-71(124)125/h7-10,18-21,41-42,47-48,54,57-67,72,102-103H,11-17,22-40,43-46,89-91H2,1-6H3,(H2,92,120)(H,104,121)(H,105,138)(H,106,119)(H,107,126)(H,108,127)(H,109,132)(H,110,134)(H,111,135)(H,112,136)(H,113,128)(H,114,137)(H,115,129)(H,116,131)(H,117,130)(H,118,133)(H,122,123)(H,124,125)(H4,93,94,99)(H4,95,96,100)(H4,97,98,101)/t54-,57-,58-,59-,60-,61-,62-,63-,64-,65-,66-,67-,72-/m0/s1. The van der Waals surface area contributed by atoms with Gasteiger partial charge in [0.1, 0.15) is 79.0 Å². The normalized spacial score (nSPS) is 13.9. The van der Waals surface area contributed by atoms with Crippen molar-refractivity contribution in [2.24, 2.45) is 52.0 Å². The number of benzene rings is 2. The number of carboxylic acid groups (broad SMARTS) is 2. The minimum Gasteiger partial charge on any atom is -0.481 e. The second kappa shape index (κ2) is 63.8. The Morgan fingerprint density at radius 1 is 0.393 bits per heavy atom. The molecule has 0 saturated carbocycles. The molecule has 39 N–H and O–H groups in total. The van der Waals surface area contributed by atoms with Gasteiger partial charge in [-0.15, -0.1) is 11.8 Å². The number of rotatable bonds is 69. The van der Waals surface area contributed by atoms with Gasteiger partial charge in [0.15, 0.2) is 17.9 Å². The lowest BCUT2D eigenvalue weighted by molar-refractivity contribution is -0.138. The minimum atomic E-state index is -1.81. The number of guanidine groups is 3. The molecule has 13 atom stereocenters. The summed E-state index contributed by atoms with van der Waals surface area (Å²) in [6, 6.07) is -6.01. The van der Waals surface area contributed by atoms with Gasteiger partial charge < -0.3 is 156 Å². The quantitative estimate of drug-likeness (QED) is 0.00848. The van der Waals surface area contributed by atoms with Gasteiger partial charge in [0, 0.05) is 92.2 Å². The van der Waals surface area contributed by atoms with Crippen LogP contribution in [0.3, 0.4) is 0 Å². The number of aromatic nitrogens is 2. The molecule has 0 unspecified atom stereocenters. The van der Waals surface area contributed by atoms with E-state index in [1.165, 1.54) is 18.7 Å². The second-order valence-electron chi connectivity index (χ2n) is 34.1. The third-order valence-electron chi connectivity index (χ3n) is 21.8. The van der Waals surface area contributed by atoms with Crippen LogP contribution in [-0.2, 0) is 99.1 Å².